The van der Waals surface area contributed by atoms with Crippen LogP contribution in [0.4, 0.5) is 0 Å². The molecule has 2 aromatic carbocycles. The summed E-state index contributed by atoms with van der Waals surface area (Å²) < 4.78 is 27.3. The van der Waals surface area contributed by atoms with E-state index in [1.165, 1.54) is 0 Å². The van der Waals surface area contributed by atoms with Gasteiger partial charge in [-0.3, -0.25) is 0 Å². The summed E-state index contributed by atoms with van der Waals surface area (Å²) in [6.45, 7) is 5.14. The number of benzene rings is 2. The first kappa shape index (κ1) is 15.0. The normalized spacial score (nSPS) is 12.2. The molecule has 0 aromatic heterocycles. The molecule has 0 atom stereocenters. The molecule has 0 fully saturated rings. The van der Waals surface area contributed by atoms with Crippen LogP contribution in [0.3, 0.4) is 0 Å². The number of sulfonamides is 1. The molecule has 0 spiro atoms. The topological polar surface area (TPSA) is 37.4 Å². The quantitative estimate of drug-likeness (QED) is 0.814. The van der Waals surface area contributed by atoms with Crippen molar-refractivity contribution in [2.75, 3.05) is 13.1 Å². The number of hydrogen-bond donors (Lipinski definition) is 0. The van der Waals surface area contributed by atoms with Gasteiger partial charge in [-0.1, -0.05) is 50.2 Å². The van der Waals surface area contributed by atoms with Crippen LogP contribution in [-0.4, -0.2) is 25.8 Å². The Morgan fingerprint density at radius 2 is 1.50 bits per heavy atom. The predicted octanol–water partition coefficient (Wildman–Crippen LogP) is 3.65. The Kier molecular flexibility index (Phi) is 4.78. The van der Waals surface area contributed by atoms with E-state index in [0.717, 1.165) is 23.6 Å². The second-order valence-electron chi connectivity index (χ2n) is 4.88. The lowest BCUT2D eigenvalue weighted by atomic mass is 10.1. The van der Waals surface area contributed by atoms with Crippen molar-refractivity contribution < 1.29 is 8.42 Å². The van der Waals surface area contributed by atoms with Crippen molar-refractivity contribution in [2.45, 2.75) is 31.6 Å². The zero-order chi connectivity index (χ0) is 14.6. The Bertz CT molecular complexity index is 668. The van der Waals surface area contributed by atoms with E-state index in [1.54, 1.807) is 10.4 Å². The summed E-state index contributed by atoms with van der Waals surface area (Å²) in [5, 5.41) is 1.76. The first-order valence-corrected chi connectivity index (χ1v) is 8.53. The van der Waals surface area contributed by atoms with Gasteiger partial charge in [0.2, 0.25) is 10.0 Å². The van der Waals surface area contributed by atoms with Crippen LogP contribution in [0, 0.1) is 0 Å². The molecule has 2 aromatic rings. The maximum atomic E-state index is 12.9. The molecular formula is C16H21NO2S. The van der Waals surface area contributed by atoms with Crippen LogP contribution in [0.25, 0.3) is 10.8 Å². The molecule has 0 aliphatic heterocycles. The molecular weight excluding hydrogens is 270 g/mol. The summed E-state index contributed by atoms with van der Waals surface area (Å²) in [5.74, 6) is 0. The van der Waals surface area contributed by atoms with Crippen molar-refractivity contribution in [1.29, 1.82) is 0 Å². The van der Waals surface area contributed by atoms with Crippen LogP contribution in [-0.2, 0) is 10.0 Å². The van der Waals surface area contributed by atoms with E-state index in [0.29, 0.717) is 18.0 Å². The monoisotopic (exact) mass is 291 g/mol. The first-order valence-electron chi connectivity index (χ1n) is 7.09. The van der Waals surface area contributed by atoms with Crippen molar-refractivity contribution in [3.63, 3.8) is 0 Å². The fourth-order valence-corrected chi connectivity index (χ4v) is 4.25. The van der Waals surface area contributed by atoms with Crippen LogP contribution in [0.1, 0.15) is 26.7 Å². The molecule has 0 N–H and O–H groups in total. The maximum absolute atomic E-state index is 12.9. The van der Waals surface area contributed by atoms with Gasteiger partial charge in [0.25, 0.3) is 0 Å². The van der Waals surface area contributed by atoms with Crippen molar-refractivity contribution >= 4 is 20.8 Å². The molecule has 20 heavy (non-hydrogen) atoms. The van der Waals surface area contributed by atoms with Gasteiger partial charge in [0, 0.05) is 18.5 Å². The highest BCUT2D eigenvalue weighted by atomic mass is 32.2. The Morgan fingerprint density at radius 3 is 2.15 bits per heavy atom. The number of rotatable bonds is 6. The predicted molar refractivity (Wildman–Crippen MR) is 83.3 cm³/mol. The van der Waals surface area contributed by atoms with Crippen LogP contribution >= 0.6 is 0 Å². The van der Waals surface area contributed by atoms with E-state index < -0.39 is 10.0 Å². The molecule has 0 heterocycles. The van der Waals surface area contributed by atoms with Crippen LogP contribution < -0.4 is 0 Å². The molecule has 0 aliphatic carbocycles. The van der Waals surface area contributed by atoms with Gasteiger partial charge >= 0.3 is 0 Å². The fourth-order valence-electron chi connectivity index (χ4n) is 2.41. The lowest BCUT2D eigenvalue weighted by molar-refractivity contribution is 0.410. The number of fused-ring (bicyclic) bond motifs is 1. The number of nitrogens with zero attached hydrogens (tertiary/aromatic N) is 1. The highest BCUT2D eigenvalue weighted by Gasteiger charge is 2.24. The summed E-state index contributed by atoms with van der Waals surface area (Å²) >= 11 is 0. The molecule has 0 amide bonds. The van der Waals surface area contributed by atoms with Gasteiger partial charge in [-0.15, -0.1) is 0 Å². The zero-order valence-corrected chi connectivity index (χ0v) is 12.9. The second-order valence-corrected chi connectivity index (χ2v) is 6.79. The molecule has 0 saturated heterocycles. The fraction of sp³-hybridized carbons (Fsp3) is 0.375. The summed E-state index contributed by atoms with van der Waals surface area (Å²) in [6, 6.07) is 13.1. The van der Waals surface area contributed by atoms with E-state index in [9.17, 15) is 8.42 Å². The zero-order valence-electron chi connectivity index (χ0n) is 12.0. The molecule has 2 rings (SSSR count). The minimum absolute atomic E-state index is 0.414. The van der Waals surface area contributed by atoms with Crippen LogP contribution in [0.2, 0.25) is 0 Å². The third-order valence-electron chi connectivity index (χ3n) is 3.31. The smallest absolute Gasteiger partial charge is 0.207 e. The van der Waals surface area contributed by atoms with Gasteiger partial charge in [-0.25, -0.2) is 8.42 Å². The highest BCUT2D eigenvalue weighted by Crippen LogP contribution is 2.25. The van der Waals surface area contributed by atoms with Crippen molar-refractivity contribution in [2.24, 2.45) is 0 Å². The van der Waals surface area contributed by atoms with Gasteiger partial charge in [0.1, 0.15) is 0 Å². The standard InChI is InChI=1S/C16H21NO2S/c1-3-12-17(13-4-2)20(18,19)16-11-7-9-14-8-5-6-10-15(14)16/h5-11H,3-4,12-13H2,1-2H3. The minimum atomic E-state index is -3.42. The van der Waals surface area contributed by atoms with Crippen molar-refractivity contribution in [3.05, 3.63) is 42.5 Å². The minimum Gasteiger partial charge on any atom is -0.207 e. The van der Waals surface area contributed by atoms with E-state index in [-0.39, 0.29) is 0 Å². The van der Waals surface area contributed by atoms with Gasteiger partial charge in [-0.2, -0.15) is 4.31 Å². The van der Waals surface area contributed by atoms with Crippen molar-refractivity contribution in [1.82, 2.24) is 4.31 Å². The number of hydrogen-bond acceptors (Lipinski definition) is 2. The van der Waals surface area contributed by atoms with Gasteiger partial charge in [0.15, 0.2) is 0 Å². The lowest BCUT2D eigenvalue weighted by Gasteiger charge is -2.21. The lowest BCUT2D eigenvalue weighted by Crippen LogP contribution is -2.32. The Hall–Kier alpha value is -1.39. The third-order valence-corrected chi connectivity index (χ3v) is 5.27. The Morgan fingerprint density at radius 1 is 0.900 bits per heavy atom. The van der Waals surface area contributed by atoms with E-state index >= 15 is 0 Å². The molecule has 108 valence electrons. The maximum Gasteiger partial charge on any atom is 0.243 e. The van der Waals surface area contributed by atoms with Gasteiger partial charge in [0.05, 0.1) is 4.90 Å². The Balaban J connectivity index is 2.56. The molecule has 0 radical (unpaired) electrons. The molecule has 0 bridgehead atoms. The molecule has 0 unspecified atom stereocenters. The van der Waals surface area contributed by atoms with Gasteiger partial charge < -0.3 is 0 Å². The molecule has 4 heteroatoms. The third kappa shape index (κ3) is 2.86. The summed E-state index contributed by atoms with van der Waals surface area (Å²) in [7, 11) is -3.42. The molecule has 0 aliphatic rings. The summed E-state index contributed by atoms with van der Waals surface area (Å²) in [6.07, 6.45) is 1.65. The van der Waals surface area contributed by atoms with E-state index in [1.807, 2.05) is 50.2 Å². The van der Waals surface area contributed by atoms with Crippen molar-refractivity contribution in [3.8, 4) is 0 Å². The Labute approximate surface area is 121 Å². The SMILES string of the molecule is CCCN(CCC)S(=O)(=O)c1cccc2ccccc12. The van der Waals surface area contributed by atoms with Gasteiger partial charge in [-0.05, 0) is 24.3 Å². The average molecular weight is 291 g/mol. The highest BCUT2D eigenvalue weighted by molar-refractivity contribution is 7.89. The summed E-state index contributed by atoms with van der Waals surface area (Å²) in [4.78, 5) is 0.414. The largest absolute Gasteiger partial charge is 0.243 e. The second kappa shape index (κ2) is 6.37. The van der Waals surface area contributed by atoms with E-state index in [4.69, 9.17) is 0 Å². The average Bonchev–Trinajstić information content (AvgIpc) is 2.46. The first-order chi connectivity index (χ1) is 9.61. The molecule has 0 saturated carbocycles. The summed E-state index contributed by atoms with van der Waals surface area (Å²) in [5.41, 5.74) is 0. The molecule has 3 nitrogen and oxygen atoms in total. The van der Waals surface area contributed by atoms with E-state index in [2.05, 4.69) is 0 Å². The van der Waals surface area contributed by atoms with Crippen LogP contribution in [0.5, 0.6) is 0 Å². The van der Waals surface area contributed by atoms with Crippen LogP contribution in [0.15, 0.2) is 47.4 Å².